The molecule has 172 valence electrons. The first-order chi connectivity index (χ1) is 15.2. The maximum atomic E-state index is 12.9. The number of carboxylic acids is 1. The van der Waals surface area contributed by atoms with Crippen LogP contribution >= 0.6 is 23.3 Å². The van der Waals surface area contributed by atoms with Crippen LogP contribution in [-0.4, -0.2) is 79.7 Å². The fourth-order valence-corrected chi connectivity index (χ4v) is 4.83. The summed E-state index contributed by atoms with van der Waals surface area (Å²) in [5, 5.41) is 14.9. The van der Waals surface area contributed by atoms with Crippen LogP contribution in [0.2, 0.25) is 0 Å². The van der Waals surface area contributed by atoms with E-state index in [9.17, 15) is 24.3 Å². The van der Waals surface area contributed by atoms with Gasteiger partial charge in [0.15, 0.2) is 5.13 Å². The molecule has 4 N–H and O–H groups in total. The van der Waals surface area contributed by atoms with Crippen molar-refractivity contribution in [3.05, 3.63) is 17.1 Å². The van der Waals surface area contributed by atoms with E-state index >= 15 is 0 Å². The number of thioether (sulfide) groups is 1. The van der Waals surface area contributed by atoms with Crippen LogP contribution in [0.1, 0.15) is 25.6 Å². The van der Waals surface area contributed by atoms with E-state index in [0.29, 0.717) is 0 Å². The summed E-state index contributed by atoms with van der Waals surface area (Å²) >= 11 is 2.06. The van der Waals surface area contributed by atoms with Crippen molar-refractivity contribution in [3.63, 3.8) is 0 Å². The zero-order valence-electron chi connectivity index (χ0n) is 17.1. The van der Waals surface area contributed by atoms with E-state index < -0.39 is 22.6 Å². The number of carboxylic acid groups (broad SMARTS) is 1. The minimum atomic E-state index is -1.33. The number of carbonyl (C=O) groups is 4. The van der Waals surface area contributed by atoms with E-state index in [1.807, 2.05) is 0 Å². The third-order valence-electron chi connectivity index (χ3n) is 4.43. The number of Topliss-reactive ketones (excluding diaryl/α,β-unsaturated/α-hetero) is 1. The molecule has 2 aliphatic heterocycles. The van der Waals surface area contributed by atoms with Crippen LogP contribution < -0.4 is 11.1 Å². The molecule has 13 nitrogen and oxygen atoms in total. The molecule has 0 aromatic carbocycles. The van der Waals surface area contributed by atoms with Gasteiger partial charge in [-0.1, -0.05) is 5.16 Å². The number of rotatable bonds is 10. The van der Waals surface area contributed by atoms with Crippen molar-refractivity contribution < 1.29 is 33.9 Å². The first-order valence-corrected chi connectivity index (χ1v) is 11.0. The molecule has 2 unspecified atom stereocenters. The number of anilines is 1. The molecule has 2 atom stereocenters. The fourth-order valence-electron chi connectivity index (χ4n) is 2.98. The minimum Gasteiger partial charge on any atom is -0.477 e. The number of fused-ring (bicyclic) bond motifs is 1. The Balaban J connectivity index is 1.88. The van der Waals surface area contributed by atoms with E-state index in [-0.39, 0.29) is 65.7 Å². The second-order valence-corrected chi connectivity index (χ2v) is 8.75. The summed E-state index contributed by atoms with van der Waals surface area (Å²) < 4.78 is 9.42. The lowest BCUT2D eigenvalue weighted by atomic mass is 10.1. The molecule has 32 heavy (non-hydrogen) atoms. The van der Waals surface area contributed by atoms with Gasteiger partial charge in [0.25, 0.3) is 5.91 Å². The SMILES string of the molecule is CO/N=C(\C(=O)NC1SC2CC(=O)N2C(C(=O)O)=C1COCCC(C)=O)c1nsc(N)n1. The average molecular weight is 485 g/mol. The fraction of sp³-hybridized carbons (Fsp3) is 0.471. The van der Waals surface area contributed by atoms with Gasteiger partial charge < -0.3 is 25.7 Å². The largest absolute Gasteiger partial charge is 0.477 e. The lowest BCUT2D eigenvalue weighted by molar-refractivity contribution is -0.146. The number of aliphatic carboxylic acids is 1. The number of nitrogens with one attached hydrogen (secondary N) is 1. The summed E-state index contributed by atoms with van der Waals surface area (Å²) in [5.41, 5.74) is 5.25. The van der Waals surface area contributed by atoms with Crippen LogP contribution in [-0.2, 0) is 28.8 Å². The van der Waals surface area contributed by atoms with Crippen LogP contribution in [0.15, 0.2) is 16.4 Å². The summed E-state index contributed by atoms with van der Waals surface area (Å²) in [5.74, 6) is -2.53. The predicted octanol–water partition coefficient (Wildman–Crippen LogP) is -0.447. The van der Waals surface area contributed by atoms with Gasteiger partial charge >= 0.3 is 5.97 Å². The molecule has 3 heterocycles. The van der Waals surface area contributed by atoms with E-state index in [4.69, 9.17) is 15.3 Å². The first-order valence-electron chi connectivity index (χ1n) is 9.25. The number of oxime groups is 1. The summed E-state index contributed by atoms with van der Waals surface area (Å²) in [6.45, 7) is 1.26. The minimum absolute atomic E-state index is 0.0465. The molecule has 1 aromatic heterocycles. The highest BCUT2D eigenvalue weighted by atomic mass is 32.2. The molecule has 2 aliphatic rings. The Morgan fingerprint density at radius 1 is 1.41 bits per heavy atom. The summed E-state index contributed by atoms with van der Waals surface area (Å²) in [6, 6.07) is 0. The van der Waals surface area contributed by atoms with Crippen LogP contribution in [0.25, 0.3) is 0 Å². The zero-order valence-corrected chi connectivity index (χ0v) is 18.7. The first kappa shape index (κ1) is 23.6. The Hall–Kier alpha value is -3.04. The molecule has 15 heteroatoms. The van der Waals surface area contributed by atoms with Gasteiger partial charge in [-0.05, 0) is 6.92 Å². The van der Waals surface area contributed by atoms with Crippen LogP contribution in [0, 0.1) is 0 Å². The number of hydrogen-bond donors (Lipinski definition) is 3. The standard InChI is InChI=1S/C17H20N6O7S2/c1-7(24)3-4-30-6-8-12(16(27)28)23-9(25)5-10(23)31-15(8)20-14(26)11(21-29-2)13-19-17(18)32-22-13/h10,15H,3-6H2,1-2H3,(H,20,26)(H,27,28)(H2,18,19,22)/b21-11-. The van der Waals surface area contributed by atoms with Gasteiger partial charge in [-0.2, -0.15) is 9.36 Å². The quantitative estimate of drug-likeness (QED) is 0.169. The molecule has 0 saturated carbocycles. The van der Waals surface area contributed by atoms with Crippen LogP contribution in [0.4, 0.5) is 5.13 Å². The van der Waals surface area contributed by atoms with Crippen molar-refractivity contribution in [2.75, 3.05) is 26.1 Å². The average Bonchev–Trinajstić information content (AvgIpc) is 3.14. The van der Waals surface area contributed by atoms with Crippen LogP contribution in [0.5, 0.6) is 0 Å². The Morgan fingerprint density at radius 3 is 2.72 bits per heavy atom. The molecular formula is C17H20N6O7S2. The number of nitrogen functional groups attached to an aromatic ring is 1. The number of amides is 2. The highest BCUT2D eigenvalue weighted by Gasteiger charge is 2.49. The molecule has 2 amide bonds. The summed E-state index contributed by atoms with van der Waals surface area (Å²) in [7, 11) is 1.24. The van der Waals surface area contributed by atoms with Crippen molar-refractivity contribution in [1.82, 2.24) is 19.6 Å². The Kier molecular flexibility index (Phi) is 7.42. The van der Waals surface area contributed by atoms with Gasteiger partial charge in [0.05, 0.1) is 25.0 Å². The van der Waals surface area contributed by atoms with Crippen molar-refractivity contribution >= 4 is 57.7 Å². The van der Waals surface area contributed by atoms with Crippen LogP contribution in [0.3, 0.4) is 0 Å². The highest BCUT2D eigenvalue weighted by Crippen LogP contribution is 2.43. The highest BCUT2D eigenvalue weighted by molar-refractivity contribution is 8.00. The molecule has 0 bridgehead atoms. The number of nitrogens with two attached hydrogens (primary N) is 1. The normalized spacial score (nSPS) is 20.5. The molecule has 1 fully saturated rings. The monoisotopic (exact) mass is 484 g/mol. The number of hydrogen-bond acceptors (Lipinski definition) is 12. The van der Waals surface area contributed by atoms with Gasteiger partial charge in [0.2, 0.25) is 17.4 Å². The maximum Gasteiger partial charge on any atom is 0.352 e. The summed E-state index contributed by atoms with van der Waals surface area (Å²) in [6.07, 6.45) is 0.280. The predicted molar refractivity (Wildman–Crippen MR) is 113 cm³/mol. The number of β-lactam (4-membered cyclic amide) rings is 1. The Labute approximate surface area is 190 Å². The third kappa shape index (κ3) is 5.05. The number of carbonyl (C=O) groups excluding carboxylic acids is 3. The lowest BCUT2D eigenvalue weighted by Gasteiger charge is -2.46. The van der Waals surface area contributed by atoms with Crippen molar-refractivity contribution in [3.8, 4) is 0 Å². The Bertz CT molecular complexity index is 1010. The molecule has 0 radical (unpaired) electrons. The zero-order chi connectivity index (χ0) is 23.4. The summed E-state index contributed by atoms with van der Waals surface area (Å²) in [4.78, 5) is 57.9. The third-order valence-corrected chi connectivity index (χ3v) is 6.34. The molecule has 3 rings (SSSR count). The molecule has 0 aliphatic carbocycles. The smallest absolute Gasteiger partial charge is 0.352 e. The molecular weight excluding hydrogens is 464 g/mol. The maximum absolute atomic E-state index is 12.9. The van der Waals surface area contributed by atoms with Crippen molar-refractivity contribution in [2.24, 2.45) is 5.16 Å². The van der Waals surface area contributed by atoms with Gasteiger partial charge in [-0.15, -0.1) is 11.8 Å². The van der Waals surface area contributed by atoms with Crippen molar-refractivity contribution in [1.29, 1.82) is 0 Å². The number of ether oxygens (including phenoxy) is 1. The van der Waals surface area contributed by atoms with Crippen molar-refractivity contribution in [2.45, 2.75) is 30.5 Å². The molecule has 1 aromatic rings. The second-order valence-electron chi connectivity index (χ2n) is 6.67. The van der Waals surface area contributed by atoms with E-state index in [1.54, 1.807) is 0 Å². The van der Waals surface area contributed by atoms with Gasteiger partial charge in [-0.3, -0.25) is 19.3 Å². The molecule has 1 saturated heterocycles. The van der Waals surface area contributed by atoms with E-state index in [1.165, 1.54) is 30.7 Å². The van der Waals surface area contributed by atoms with Gasteiger partial charge in [-0.25, -0.2) is 4.79 Å². The topological polar surface area (TPSA) is 186 Å². The second kappa shape index (κ2) is 10.1. The van der Waals surface area contributed by atoms with Gasteiger partial charge in [0.1, 0.15) is 24.0 Å². The van der Waals surface area contributed by atoms with E-state index in [0.717, 1.165) is 11.5 Å². The molecule has 0 spiro atoms. The lowest BCUT2D eigenvalue weighted by Crippen LogP contribution is -2.58. The Morgan fingerprint density at radius 2 is 2.16 bits per heavy atom. The van der Waals surface area contributed by atoms with Gasteiger partial charge in [0, 0.05) is 23.5 Å². The number of aromatic nitrogens is 2. The number of ketones is 1. The number of nitrogens with zero attached hydrogens (tertiary/aromatic N) is 4. The van der Waals surface area contributed by atoms with E-state index in [2.05, 4.69) is 19.8 Å².